The number of hydrogen-bond donors (Lipinski definition) is 1. The Labute approximate surface area is 107 Å². The molecule has 0 fully saturated rings. The molecular weight excluding hydrogens is 236 g/mol. The third kappa shape index (κ3) is 6.07. The SMILES string of the molecule is CCCOCCCNCc1ccc(C(F)F)cc1. The van der Waals surface area contributed by atoms with Gasteiger partial charge in [0.15, 0.2) is 0 Å². The molecule has 0 atom stereocenters. The molecule has 0 aliphatic carbocycles. The maximum atomic E-state index is 12.3. The number of nitrogens with one attached hydrogen (secondary N) is 1. The van der Waals surface area contributed by atoms with Crippen molar-refractivity contribution in [3.05, 3.63) is 35.4 Å². The Hall–Kier alpha value is -1.00. The molecule has 0 bridgehead atoms. The second-order valence-corrected chi connectivity index (χ2v) is 4.18. The van der Waals surface area contributed by atoms with Crippen molar-refractivity contribution in [2.75, 3.05) is 19.8 Å². The third-order valence-electron chi connectivity index (χ3n) is 2.55. The molecule has 0 saturated heterocycles. The summed E-state index contributed by atoms with van der Waals surface area (Å²) in [6.07, 6.45) is -0.373. The Morgan fingerprint density at radius 2 is 1.89 bits per heavy atom. The molecule has 2 nitrogen and oxygen atoms in total. The number of alkyl halides is 2. The van der Waals surface area contributed by atoms with Gasteiger partial charge in [-0.1, -0.05) is 31.2 Å². The average molecular weight is 257 g/mol. The maximum Gasteiger partial charge on any atom is 0.263 e. The Bertz CT molecular complexity index is 314. The normalized spacial score (nSPS) is 11.1. The van der Waals surface area contributed by atoms with Crippen LogP contribution in [0.1, 0.15) is 37.3 Å². The zero-order valence-electron chi connectivity index (χ0n) is 10.8. The van der Waals surface area contributed by atoms with E-state index < -0.39 is 6.43 Å². The molecule has 4 heteroatoms. The fourth-order valence-corrected chi connectivity index (χ4v) is 1.56. The van der Waals surface area contributed by atoms with E-state index in [0.29, 0.717) is 6.54 Å². The molecule has 0 radical (unpaired) electrons. The number of benzene rings is 1. The van der Waals surface area contributed by atoms with Crippen LogP contribution >= 0.6 is 0 Å². The third-order valence-corrected chi connectivity index (χ3v) is 2.55. The number of rotatable bonds is 9. The van der Waals surface area contributed by atoms with Crippen molar-refractivity contribution in [2.45, 2.75) is 32.7 Å². The zero-order chi connectivity index (χ0) is 13.2. The molecule has 18 heavy (non-hydrogen) atoms. The predicted molar refractivity (Wildman–Crippen MR) is 68.8 cm³/mol. The van der Waals surface area contributed by atoms with Crippen LogP contribution in [0.5, 0.6) is 0 Å². The summed E-state index contributed by atoms with van der Waals surface area (Å²) in [6.45, 7) is 5.25. The number of ether oxygens (including phenoxy) is 1. The molecule has 0 spiro atoms. The van der Waals surface area contributed by atoms with E-state index in [-0.39, 0.29) is 5.56 Å². The molecule has 1 aromatic carbocycles. The quantitative estimate of drug-likeness (QED) is 0.683. The first kappa shape index (κ1) is 15.1. The van der Waals surface area contributed by atoms with Gasteiger partial charge in [-0.3, -0.25) is 0 Å². The molecule has 0 aliphatic heterocycles. The Balaban J connectivity index is 2.12. The van der Waals surface area contributed by atoms with E-state index in [9.17, 15) is 8.78 Å². The molecule has 0 unspecified atom stereocenters. The van der Waals surface area contributed by atoms with Crippen LogP contribution in [-0.4, -0.2) is 19.8 Å². The summed E-state index contributed by atoms with van der Waals surface area (Å²) >= 11 is 0. The Morgan fingerprint density at radius 1 is 1.17 bits per heavy atom. The average Bonchev–Trinajstić information content (AvgIpc) is 2.38. The molecule has 1 rings (SSSR count). The molecule has 0 heterocycles. The van der Waals surface area contributed by atoms with Crippen molar-refractivity contribution < 1.29 is 13.5 Å². The van der Waals surface area contributed by atoms with Gasteiger partial charge in [0, 0.05) is 25.3 Å². The molecular formula is C14H21F2NO. The molecule has 0 amide bonds. The van der Waals surface area contributed by atoms with Gasteiger partial charge in [0.05, 0.1) is 0 Å². The van der Waals surface area contributed by atoms with Crippen molar-refractivity contribution >= 4 is 0 Å². The predicted octanol–water partition coefficient (Wildman–Crippen LogP) is 3.53. The fourth-order valence-electron chi connectivity index (χ4n) is 1.56. The lowest BCUT2D eigenvalue weighted by molar-refractivity contribution is 0.132. The van der Waals surface area contributed by atoms with Crippen molar-refractivity contribution in [1.29, 1.82) is 0 Å². The van der Waals surface area contributed by atoms with Gasteiger partial charge < -0.3 is 10.1 Å². The fraction of sp³-hybridized carbons (Fsp3) is 0.571. The summed E-state index contributed by atoms with van der Waals surface area (Å²) in [5.74, 6) is 0. The second kappa shape index (κ2) is 9.00. The van der Waals surface area contributed by atoms with E-state index in [0.717, 1.165) is 38.2 Å². The minimum absolute atomic E-state index is 0.0757. The topological polar surface area (TPSA) is 21.3 Å². The van der Waals surface area contributed by atoms with Crippen molar-refractivity contribution in [2.24, 2.45) is 0 Å². The first-order valence-electron chi connectivity index (χ1n) is 6.39. The Morgan fingerprint density at radius 3 is 2.50 bits per heavy atom. The van der Waals surface area contributed by atoms with Gasteiger partial charge in [-0.2, -0.15) is 0 Å². The summed E-state index contributed by atoms with van der Waals surface area (Å²) < 4.78 is 30.0. The minimum atomic E-state index is -2.39. The van der Waals surface area contributed by atoms with Gasteiger partial charge in [0.2, 0.25) is 0 Å². The van der Waals surface area contributed by atoms with E-state index in [1.165, 1.54) is 12.1 Å². The van der Waals surface area contributed by atoms with Gasteiger partial charge >= 0.3 is 0 Å². The van der Waals surface area contributed by atoms with Gasteiger partial charge in [-0.15, -0.1) is 0 Å². The van der Waals surface area contributed by atoms with Crippen LogP contribution in [-0.2, 0) is 11.3 Å². The Kier molecular flexibility index (Phi) is 7.53. The lowest BCUT2D eigenvalue weighted by Crippen LogP contribution is -2.16. The highest BCUT2D eigenvalue weighted by molar-refractivity contribution is 5.23. The van der Waals surface area contributed by atoms with Crippen LogP contribution in [0.4, 0.5) is 8.78 Å². The van der Waals surface area contributed by atoms with Crippen molar-refractivity contribution in [3.63, 3.8) is 0 Å². The molecule has 1 aromatic rings. The van der Waals surface area contributed by atoms with Crippen molar-refractivity contribution in [3.8, 4) is 0 Å². The first-order chi connectivity index (χ1) is 8.74. The summed E-state index contributed by atoms with van der Waals surface area (Å²) in [5.41, 5.74) is 1.10. The van der Waals surface area contributed by atoms with E-state index in [1.54, 1.807) is 12.1 Å². The van der Waals surface area contributed by atoms with E-state index in [1.807, 2.05) is 0 Å². The molecule has 0 aliphatic rings. The van der Waals surface area contributed by atoms with Crippen molar-refractivity contribution in [1.82, 2.24) is 5.32 Å². The minimum Gasteiger partial charge on any atom is -0.381 e. The lowest BCUT2D eigenvalue weighted by atomic mass is 10.1. The molecule has 0 aromatic heterocycles. The molecule has 0 saturated carbocycles. The van der Waals surface area contributed by atoms with E-state index in [4.69, 9.17) is 4.74 Å². The standard InChI is InChI=1S/C14H21F2NO/c1-2-9-18-10-3-8-17-11-12-4-6-13(7-5-12)14(15)16/h4-7,14,17H,2-3,8-11H2,1H3. The van der Waals surface area contributed by atoms with Gasteiger partial charge in [-0.25, -0.2) is 8.78 Å². The van der Waals surface area contributed by atoms with E-state index >= 15 is 0 Å². The summed E-state index contributed by atoms with van der Waals surface area (Å²) in [6, 6.07) is 6.43. The number of hydrogen-bond acceptors (Lipinski definition) is 2. The maximum absolute atomic E-state index is 12.3. The van der Waals surface area contributed by atoms with Crippen LogP contribution in [0.15, 0.2) is 24.3 Å². The smallest absolute Gasteiger partial charge is 0.263 e. The van der Waals surface area contributed by atoms with E-state index in [2.05, 4.69) is 12.2 Å². The highest BCUT2D eigenvalue weighted by Crippen LogP contribution is 2.18. The summed E-state index contributed by atoms with van der Waals surface area (Å²) in [5, 5.41) is 3.26. The van der Waals surface area contributed by atoms with Crippen LogP contribution in [0.25, 0.3) is 0 Å². The lowest BCUT2D eigenvalue weighted by Gasteiger charge is -2.06. The van der Waals surface area contributed by atoms with Crippen LogP contribution in [0.2, 0.25) is 0 Å². The van der Waals surface area contributed by atoms with Crippen LogP contribution in [0.3, 0.4) is 0 Å². The van der Waals surface area contributed by atoms with Gasteiger partial charge in [0.25, 0.3) is 6.43 Å². The highest BCUT2D eigenvalue weighted by Gasteiger charge is 2.05. The largest absolute Gasteiger partial charge is 0.381 e. The zero-order valence-corrected chi connectivity index (χ0v) is 10.8. The van der Waals surface area contributed by atoms with Crippen LogP contribution < -0.4 is 5.32 Å². The molecule has 102 valence electrons. The number of halogens is 2. The second-order valence-electron chi connectivity index (χ2n) is 4.18. The van der Waals surface area contributed by atoms with Gasteiger partial charge in [-0.05, 0) is 24.9 Å². The van der Waals surface area contributed by atoms with Crippen LogP contribution in [0, 0.1) is 0 Å². The highest BCUT2D eigenvalue weighted by atomic mass is 19.3. The van der Waals surface area contributed by atoms with Gasteiger partial charge in [0.1, 0.15) is 0 Å². The summed E-state index contributed by atoms with van der Waals surface area (Å²) in [4.78, 5) is 0. The monoisotopic (exact) mass is 257 g/mol. The molecule has 1 N–H and O–H groups in total. The first-order valence-corrected chi connectivity index (χ1v) is 6.39. The summed E-state index contributed by atoms with van der Waals surface area (Å²) in [7, 11) is 0.